The lowest BCUT2D eigenvalue weighted by atomic mass is 9.92. The highest BCUT2D eigenvalue weighted by Gasteiger charge is 2.39. The lowest BCUT2D eigenvalue weighted by Gasteiger charge is -2.32. The summed E-state index contributed by atoms with van der Waals surface area (Å²) in [4.78, 5) is 16.9. The lowest BCUT2D eigenvalue weighted by molar-refractivity contribution is 0.0113. The monoisotopic (exact) mass is 369 g/mol. The molecular weight excluding hydrogens is 347 g/mol. The third kappa shape index (κ3) is 3.25. The lowest BCUT2D eigenvalue weighted by Crippen LogP contribution is -2.49. The number of piperidine rings is 1. The van der Waals surface area contributed by atoms with Crippen LogP contribution in [0.1, 0.15) is 23.2 Å². The molecule has 0 saturated carbocycles. The highest BCUT2D eigenvalue weighted by Crippen LogP contribution is 2.34. The summed E-state index contributed by atoms with van der Waals surface area (Å²) < 4.78 is 14.7. The minimum absolute atomic E-state index is 0.0130. The van der Waals surface area contributed by atoms with Crippen LogP contribution in [0.2, 0.25) is 0 Å². The normalized spacial score (nSPS) is 25.2. The third-order valence-corrected chi connectivity index (χ3v) is 5.28. The SMILES string of the molecule is O=C(NCC1(O)CCNCC1)c1ccc(F)c([N+]23C=CC=CC2=NC=C3)c1. The Morgan fingerprint density at radius 1 is 1.30 bits per heavy atom. The molecule has 7 heteroatoms. The van der Waals surface area contributed by atoms with Gasteiger partial charge in [0.15, 0.2) is 11.5 Å². The van der Waals surface area contributed by atoms with E-state index in [-0.39, 0.29) is 16.9 Å². The number of halogens is 1. The van der Waals surface area contributed by atoms with Gasteiger partial charge in [-0.1, -0.05) is 0 Å². The molecule has 0 aromatic heterocycles. The van der Waals surface area contributed by atoms with Gasteiger partial charge in [0.05, 0.1) is 11.8 Å². The van der Waals surface area contributed by atoms with Crippen LogP contribution >= 0.6 is 0 Å². The molecule has 1 amide bonds. The van der Waals surface area contributed by atoms with Gasteiger partial charge < -0.3 is 15.7 Å². The minimum atomic E-state index is -0.899. The summed E-state index contributed by atoms with van der Waals surface area (Å²) in [5.41, 5.74) is -0.223. The van der Waals surface area contributed by atoms with Crippen molar-refractivity contribution < 1.29 is 14.3 Å². The van der Waals surface area contributed by atoms with Gasteiger partial charge in [0.2, 0.25) is 5.84 Å². The first kappa shape index (κ1) is 17.8. The molecule has 0 bridgehead atoms. The van der Waals surface area contributed by atoms with Gasteiger partial charge in [-0.15, -0.1) is 0 Å². The Bertz CT molecular complexity index is 884. The number of aliphatic hydroxyl groups is 1. The van der Waals surface area contributed by atoms with E-state index in [1.54, 1.807) is 18.5 Å². The molecule has 1 aromatic rings. The Morgan fingerprint density at radius 3 is 2.93 bits per heavy atom. The van der Waals surface area contributed by atoms with Gasteiger partial charge in [-0.05, 0) is 50.2 Å². The van der Waals surface area contributed by atoms with Crippen molar-refractivity contribution in [3.05, 3.63) is 66.4 Å². The molecule has 3 heterocycles. The largest absolute Gasteiger partial charge is 0.388 e. The summed E-state index contributed by atoms with van der Waals surface area (Å²) >= 11 is 0. The number of carbonyl (C=O) groups is 1. The van der Waals surface area contributed by atoms with Crippen molar-refractivity contribution in [3.63, 3.8) is 0 Å². The van der Waals surface area contributed by atoms with E-state index in [1.165, 1.54) is 12.1 Å². The molecule has 0 aliphatic carbocycles. The van der Waals surface area contributed by atoms with E-state index in [0.29, 0.717) is 29.9 Å². The molecule has 27 heavy (non-hydrogen) atoms. The quantitative estimate of drug-likeness (QED) is 0.710. The average Bonchev–Trinajstić information content (AvgIpc) is 3.12. The number of nitrogens with one attached hydrogen (secondary N) is 2. The first-order valence-corrected chi connectivity index (χ1v) is 9.04. The first-order valence-electron chi connectivity index (χ1n) is 9.04. The summed E-state index contributed by atoms with van der Waals surface area (Å²) in [6, 6.07) is 4.30. The molecule has 1 unspecified atom stereocenters. The maximum Gasteiger partial charge on any atom is 0.251 e. The fraction of sp³-hybridized carbons (Fsp3) is 0.300. The molecule has 3 aliphatic heterocycles. The molecular formula is C20H22FN4O2+. The second-order valence-corrected chi connectivity index (χ2v) is 7.09. The van der Waals surface area contributed by atoms with E-state index in [4.69, 9.17) is 0 Å². The summed E-state index contributed by atoms with van der Waals surface area (Å²) in [6.07, 6.45) is 11.9. The van der Waals surface area contributed by atoms with Crippen molar-refractivity contribution in [1.29, 1.82) is 0 Å². The van der Waals surface area contributed by atoms with E-state index in [2.05, 4.69) is 15.6 Å². The van der Waals surface area contributed by atoms with Gasteiger partial charge in [0.1, 0.15) is 12.4 Å². The van der Waals surface area contributed by atoms with E-state index in [1.807, 2.05) is 24.4 Å². The van der Waals surface area contributed by atoms with Crippen molar-refractivity contribution >= 4 is 17.4 Å². The Labute approximate surface area is 157 Å². The van der Waals surface area contributed by atoms with Crippen LogP contribution in [0, 0.1) is 5.82 Å². The molecule has 1 aromatic carbocycles. The molecule has 0 radical (unpaired) electrons. The van der Waals surface area contributed by atoms with Crippen LogP contribution in [0.5, 0.6) is 0 Å². The summed E-state index contributed by atoms with van der Waals surface area (Å²) in [6.45, 7) is 1.62. The number of fused-ring (bicyclic) bond motifs is 1. The maximum atomic E-state index is 14.6. The van der Waals surface area contributed by atoms with Gasteiger partial charge in [0.25, 0.3) is 5.91 Å². The molecule has 4 rings (SSSR count). The fourth-order valence-electron chi connectivity index (χ4n) is 3.64. The number of benzene rings is 1. The number of carbonyl (C=O) groups excluding carboxylic acids is 1. The second-order valence-electron chi connectivity index (χ2n) is 7.09. The number of amidine groups is 1. The topological polar surface area (TPSA) is 73.7 Å². The van der Waals surface area contributed by atoms with E-state index < -0.39 is 11.4 Å². The Hall–Kier alpha value is -2.61. The summed E-state index contributed by atoms with van der Waals surface area (Å²) in [5, 5.41) is 16.5. The molecule has 3 N–H and O–H groups in total. The number of quaternary nitrogens is 1. The predicted molar refractivity (Wildman–Crippen MR) is 102 cm³/mol. The van der Waals surface area contributed by atoms with Crippen molar-refractivity contribution in [3.8, 4) is 0 Å². The summed E-state index contributed by atoms with van der Waals surface area (Å²) in [7, 11) is 0. The zero-order valence-corrected chi connectivity index (χ0v) is 14.9. The van der Waals surface area contributed by atoms with E-state index in [0.717, 1.165) is 13.1 Å². The van der Waals surface area contributed by atoms with Crippen molar-refractivity contribution in [1.82, 2.24) is 15.1 Å². The molecule has 3 aliphatic rings. The average molecular weight is 369 g/mol. The van der Waals surface area contributed by atoms with Gasteiger partial charge in [-0.3, -0.25) is 4.79 Å². The predicted octanol–water partition coefficient (Wildman–Crippen LogP) is 1.94. The minimum Gasteiger partial charge on any atom is -0.388 e. The third-order valence-electron chi connectivity index (χ3n) is 5.28. The molecule has 1 atom stereocenters. The molecule has 1 saturated heterocycles. The van der Waals surface area contributed by atoms with Crippen LogP contribution in [-0.4, -0.2) is 42.1 Å². The van der Waals surface area contributed by atoms with Crippen LogP contribution in [-0.2, 0) is 0 Å². The Balaban J connectivity index is 1.57. The van der Waals surface area contributed by atoms with Crippen LogP contribution in [0.15, 0.2) is 60.0 Å². The molecule has 1 fully saturated rings. The standard InChI is InChI=1S/C20H21FN4O2/c21-16-5-4-15(19(26)24-14-20(27)6-8-22-9-7-20)13-17(16)25-11-2-1-3-18(25)23-10-12-25/h1-5,10-13,22,27H,6-9,14H2/p+1. The first-order chi connectivity index (χ1) is 13.0. The van der Waals surface area contributed by atoms with Crippen LogP contribution < -0.4 is 15.1 Å². The van der Waals surface area contributed by atoms with Gasteiger partial charge >= 0.3 is 0 Å². The summed E-state index contributed by atoms with van der Waals surface area (Å²) in [5.74, 6) is -0.0830. The van der Waals surface area contributed by atoms with E-state index >= 15 is 0 Å². The zero-order chi connectivity index (χ0) is 18.9. The Kier molecular flexibility index (Phi) is 4.51. The van der Waals surface area contributed by atoms with Gasteiger partial charge in [0, 0.05) is 24.3 Å². The zero-order valence-electron chi connectivity index (χ0n) is 14.9. The maximum absolute atomic E-state index is 14.6. The highest BCUT2D eigenvalue weighted by molar-refractivity contribution is 6.07. The van der Waals surface area contributed by atoms with Crippen LogP contribution in [0.25, 0.3) is 0 Å². The molecule has 140 valence electrons. The fourth-order valence-corrected chi connectivity index (χ4v) is 3.64. The molecule has 6 nitrogen and oxygen atoms in total. The van der Waals surface area contributed by atoms with Gasteiger partial charge in [-0.2, -0.15) is 9.48 Å². The number of hydrogen-bond acceptors (Lipinski definition) is 4. The second kappa shape index (κ2) is 6.84. The highest BCUT2D eigenvalue weighted by atomic mass is 19.1. The Morgan fingerprint density at radius 2 is 2.11 bits per heavy atom. The van der Waals surface area contributed by atoms with Crippen molar-refractivity contribution in [2.24, 2.45) is 4.99 Å². The smallest absolute Gasteiger partial charge is 0.251 e. The number of hydrogen-bond donors (Lipinski definition) is 3. The molecule has 0 spiro atoms. The number of allylic oxidation sites excluding steroid dienone is 2. The van der Waals surface area contributed by atoms with E-state index in [9.17, 15) is 14.3 Å². The number of amides is 1. The number of aliphatic imine (C=N–C) groups is 1. The van der Waals surface area contributed by atoms with Crippen LogP contribution in [0.4, 0.5) is 10.1 Å². The number of nitrogens with zero attached hydrogens (tertiary/aromatic N) is 2. The van der Waals surface area contributed by atoms with Crippen LogP contribution in [0.3, 0.4) is 0 Å². The van der Waals surface area contributed by atoms with Crippen molar-refractivity contribution in [2.75, 3.05) is 19.6 Å². The van der Waals surface area contributed by atoms with Gasteiger partial charge in [-0.25, -0.2) is 4.39 Å². The van der Waals surface area contributed by atoms with Crippen molar-refractivity contribution in [2.45, 2.75) is 18.4 Å². The number of rotatable bonds is 4.